The van der Waals surface area contributed by atoms with Gasteiger partial charge in [0, 0.05) is 17.7 Å². The van der Waals surface area contributed by atoms with Crippen LogP contribution in [0.4, 0.5) is 17.2 Å². The first-order valence-electron chi connectivity index (χ1n) is 12.1. The van der Waals surface area contributed by atoms with Gasteiger partial charge in [-0.2, -0.15) is 5.26 Å². The fraction of sp³-hybridized carbons (Fsp3) is 0.519. The standard InChI is InChI=1S/C27H32N4O/c1-18(2)14-19-5-7-20(8-6-19)26(32)31-16-21-4-3-13-29-25(21)30-23-10-9-22(15-24(23)31)27(17-28)11-12-27/h3-4,9-10,13,15,18-20H,5-8,11-12,14,16H2,1-2H3,(H,29,30)/t19-,20-. The molecule has 2 aromatic rings. The lowest BCUT2D eigenvalue weighted by Crippen LogP contribution is -2.37. The molecule has 1 aromatic carbocycles. The maximum absolute atomic E-state index is 13.9. The van der Waals surface area contributed by atoms with Crippen molar-refractivity contribution < 1.29 is 4.79 Å². The van der Waals surface area contributed by atoms with E-state index in [0.717, 1.165) is 72.8 Å². The molecule has 1 aromatic heterocycles. The summed E-state index contributed by atoms with van der Waals surface area (Å²) >= 11 is 0. The van der Waals surface area contributed by atoms with Crippen molar-refractivity contribution in [3.63, 3.8) is 0 Å². The number of carbonyl (C=O) groups excluding carboxylic acids is 1. The van der Waals surface area contributed by atoms with Crippen molar-refractivity contribution in [3.05, 3.63) is 47.7 Å². The maximum atomic E-state index is 13.9. The van der Waals surface area contributed by atoms with E-state index in [0.29, 0.717) is 12.5 Å². The molecule has 166 valence electrons. The number of benzene rings is 1. The van der Waals surface area contributed by atoms with E-state index < -0.39 is 0 Å². The summed E-state index contributed by atoms with van der Waals surface area (Å²) in [4.78, 5) is 20.3. The molecule has 2 heterocycles. The Balaban J connectivity index is 1.46. The van der Waals surface area contributed by atoms with E-state index in [-0.39, 0.29) is 17.2 Å². The van der Waals surface area contributed by atoms with E-state index in [1.807, 2.05) is 29.2 Å². The summed E-state index contributed by atoms with van der Waals surface area (Å²) < 4.78 is 0. The molecule has 1 N–H and O–H groups in total. The molecular formula is C27H32N4O. The largest absolute Gasteiger partial charge is 0.338 e. The molecule has 1 aliphatic heterocycles. The van der Waals surface area contributed by atoms with Gasteiger partial charge in [0.25, 0.3) is 0 Å². The number of rotatable bonds is 4. The minimum absolute atomic E-state index is 0.0685. The first kappa shape index (κ1) is 21.0. The Labute approximate surface area is 190 Å². The van der Waals surface area contributed by atoms with E-state index in [4.69, 9.17) is 0 Å². The van der Waals surface area contributed by atoms with Crippen molar-refractivity contribution in [1.29, 1.82) is 5.26 Å². The van der Waals surface area contributed by atoms with Crippen LogP contribution < -0.4 is 10.2 Å². The Kier molecular flexibility index (Phi) is 5.41. The normalized spacial score (nSPS) is 23.4. The van der Waals surface area contributed by atoms with Gasteiger partial charge < -0.3 is 10.2 Å². The second-order valence-electron chi connectivity index (χ2n) is 10.3. The fourth-order valence-electron chi connectivity index (χ4n) is 5.54. The van der Waals surface area contributed by atoms with E-state index in [1.54, 1.807) is 6.20 Å². The monoisotopic (exact) mass is 428 g/mol. The number of amides is 1. The average molecular weight is 429 g/mol. The van der Waals surface area contributed by atoms with Crippen LogP contribution >= 0.6 is 0 Å². The third-order valence-electron chi connectivity index (χ3n) is 7.54. The topological polar surface area (TPSA) is 69.0 Å². The van der Waals surface area contributed by atoms with E-state index in [2.05, 4.69) is 36.3 Å². The molecule has 0 atom stereocenters. The number of carbonyl (C=O) groups is 1. The highest BCUT2D eigenvalue weighted by Gasteiger charge is 2.45. The van der Waals surface area contributed by atoms with Crippen molar-refractivity contribution in [2.75, 3.05) is 10.2 Å². The third-order valence-corrected chi connectivity index (χ3v) is 7.54. The van der Waals surface area contributed by atoms with Crippen LogP contribution in [-0.4, -0.2) is 10.9 Å². The molecule has 5 heteroatoms. The fourth-order valence-corrected chi connectivity index (χ4v) is 5.54. The number of nitriles is 1. The van der Waals surface area contributed by atoms with Crippen LogP contribution in [-0.2, 0) is 16.8 Å². The molecule has 5 nitrogen and oxygen atoms in total. The molecular weight excluding hydrogens is 396 g/mol. The first-order valence-corrected chi connectivity index (χ1v) is 12.1. The summed E-state index contributed by atoms with van der Waals surface area (Å²) in [5.74, 6) is 2.55. The number of pyridine rings is 1. The second-order valence-corrected chi connectivity index (χ2v) is 10.3. The van der Waals surface area contributed by atoms with Gasteiger partial charge in [-0.05, 0) is 80.5 Å². The van der Waals surface area contributed by atoms with Crippen LogP contribution in [0.15, 0.2) is 36.5 Å². The van der Waals surface area contributed by atoms with E-state index in [9.17, 15) is 10.1 Å². The summed E-state index contributed by atoms with van der Waals surface area (Å²) in [7, 11) is 0. The number of hydrogen-bond acceptors (Lipinski definition) is 4. The summed E-state index contributed by atoms with van der Waals surface area (Å²) in [5.41, 5.74) is 3.44. The summed E-state index contributed by atoms with van der Waals surface area (Å²) in [6, 6.07) is 12.6. The Hall–Kier alpha value is -2.87. The van der Waals surface area contributed by atoms with Crippen LogP contribution in [0.3, 0.4) is 0 Å². The minimum atomic E-state index is -0.379. The van der Waals surface area contributed by atoms with Gasteiger partial charge in [0.05, 0.1) is 29.4 Å². The zero-order valence-electron chi connectivity index (χ0n) is 19.1. The quantitative estimate of drug-likeness (QED) is 0.641. The lowest BCUT2D eigenvalue weighted by atomic mass is 9.78. The lowest BCUT2D eigenvalue weighted by molar-refractivity contribution is -0.123. The van der Waals surface area contributed by atoms with Gasteiger partial charge in [0.1, 0.15) is 5.82 Å². The molecule has 2 saturated carbocycles. The molecule has 5 rings (SSSR count). The molecule has 0 spiro atoms. The molecule has 3 aliphatic rings. The highest BCUT2D eigenvalue weighted by Crippen LogP contribution is 2.50. The van der Waals surface area contributed by atoms with Crippen LogP contribution in [0.25, 0.3) is 0 Å². The molecule has 1 amide bonds. The van der Waals surface area contributed by atoms with Crippen LogP contribution in [0.1, 0.15) is 69.9 Å². The number of aromatic nitrogens is 1. The minimum Gasteiger partial charge on any atom is -0.338 e. The Bertz CT molecular complexity index is 1060. The van der Waals surface area contributed by atoms with Gasteiger partial charge in [-0.3, -0.25) is 4.79 Å². The zero-order chi connectivity index (χ0) is 22.3. The molecule has 0 radical (unpaired) electrons. The number of nitrogens with one attached hydrogen (secondary N) is 1. The van der Waals surface area contributed by atoms with Gasteiger partial charge in [-0.15, -0.1) is 0 Å². The summed E-state index contributed by atoms with van der Waals surface area (Å²) in [6.45, 7) is 5.08. The zero-order valence-corrected chi connectivity index (χ0v) is 19.1. The molecule has 2 fully saturated rings. The van der Waals surface area contributed by atoms with E-state index >= 15 is 0 Å². The number of fused-ring (bicyclic) bond motifs is 2. The second kappa shape index (κ2) is 8.24. The molecule has 2 aliphatic carbocycles. The van der Waals surface area contributed by atoms with Gasteiger partial charge >= 0.3 is 0 Å². The molecule has 0 unspecified atom stereocenters. The van der Waals surface area contributed by atoms with Crippen molar-refractivity contribution in [2.45, 2.75) is 70.8 Å². The summed E-state index contributed by atoms with van der Waals surface area (Å²) in [6.07, 6.45) is 9.05. The van der Waals surface area contributed by atoms with Crippen LogP contribution in [0.2, 0.25) is 0 Å². The van der Waals surface area contributed by atoms with Crippen molar-refractivity contribution >= 4 is 23.1 Å². The lowest BCUT2D eigenvalue weighted by Gasteiger charge is -2.33. The summed E-state index contributed by atoms with van der Waals surface area (Å²) in [5, 5.41) is 13.2. The highest BCUT2D eigenvalue weighted by molar-refractivity contribution is 5.99. The highest BCUT2D eigenvalue weighted by atomic mass is 16.2. The number of anilines is 3. The number of nitrogens with zero attached hydrogens (tertiary/aromatic N) is 3. The first-order chi connectivity index (χ1) is 15.5. The van der Waals surface area contributed by atoms with Crippen LogP contribution in [0.5, 0.6) is 0 Å². The maximum Gasteiger partial charge on any atom is 0.230 e. The Morgan fingerprint density at radius 3 is 2.72 bits per heavy atom. The molecule has 0 saturated heterocycles. The molecule has 0 bridgehead atoms. The Morgan fingerprint density at radius 2 is 2.03 bits per heavy atom. The SMILES string of the molecule is CC(C)C[C@H]1CC[C@H](C(=O)N2Cc3cccnc3Nc3ccc(C4(C#N)CC4)cc32)CC1. The average Bonchev–Trinajstić information content (AvgIpc) is 3.61. The van der Waals surface area contributed by atoms with Gasteiger partial charge in [0.15, 0.2) is 0 Å². The van der Waals surface area contributed by atoms with Gasteiger partial charge in [0.2, 0.25) is 5.91 Å². The smallest absolute Gasteiger partial charge is 0.230 e. The van der Waals surface area contributed by atoms with Crippen molar-refractivity contribution in [2.24, 2.45) is 17.8 Å². The van der Waals surface area contributed by atoms with E-state index in [1.165, 1.54) is 6.42 Å². The number of hydrogen-bond donors (Lipinski definition) is 1. The van der Waals surface area contributed by atoms with Gasteiger partial charge in [-0.1, -0.05) is 26.0 Å². The van der Waals surface area contributed by atoms with Crippen molar-refractivity contribution in [3.8, 4) is 6.07 Å². The van der Waals surface area contributed by atoms with Crippen molar-refractivity contribution in [1.82, 2.24) is 4.98 Å². The molecule has 32 heavy (non-hydrogen) atoms. The predicted octanol–water partition coefficient (Wildman–Crippen LogP) is 6.08. The van der Waals surface area contributed by atoms with Crippen LogP contribution in [0, 0.1) is 29.1 Å². The third kappa shape index (κ3) is 3.88. The Morgan fingerprint density at radius 1 is 1.25 bits per heavy atom. The van der Waals surface area contributed by atoms with Gasteiger partial charge in [-0.25, -0.2) is 4.98 Å². The predicted molar refractivity (Wildman–Crippen MR) is 127 cm³/mol.